The lowest BCUT2D eigenvalue weighted by molar-refractivity contribution is -0.134. The van der Waals surface area contributed by atoms with E-state index in [2.05, 4.69) is 35.0 Å². The number of carbonyl (C=O) groups excluding carboxylic acids is 1. The zero-order valence-electron chi connectivity index (χ0n) is 14.7. The molecule has 1 aromatic heterocycles. The van der Waals surface area contributed by atoms with Gasteiger partial charge in [-0.05, 0) is 51.2 Å². The Morgan fingerprint density at radius 2 is 2.00 bits per heavy atom. The molecule has 4 heteroatoms. The van der Waals surface area contributed by atoms with Crippen LogP contribution in [0.2, 0.25) is 0 Å². The lowest BCUT2D eigenvalue weighted by Crippen LogP contribution is -2.41. The van der Waals surface area contributed by atoms with Crippen LogP contribution < -0.4 is 0 Å². The van der Waals surface area contributed by atoms with Gasteiger partial charge in [-0.1, -0.05) is 31.4 Å². The van der Waals surface area contributed by atoms with Gasteiger partial charge in [-0.2, -0.15) is 0 Å². The number of fused-ring (bicyclic) bond motifs is 1. The van der Waals surface area contributed by atoms with Gasteiger partial charge in [0.1, 0.15) is 0 Å². The van der Waals surface area contributed by atoms with Gasteiger partial charge in [0.05, 0.1) is 15.2 Å². The predicted molar refractivity (Wildman–Crippen MR) is 101 cm³/mol. The first-order valence-corrected chi connectivity index (χ1v) is 10.2. The van der Waals surface area contributed by atoms with E-state index in [0.29, 0.717) is 18.4 Å². The van der Waals surface area contributed by atoms with Crippen molar-refractivity contribution >= 4 is 27.5 Å². The molecule has 0 bridgehead atoms. The highest BCUT2D eigenvalue weighted by molar-refractivity contribution is 7.18. The zero-order chi connectivity index (χ0) is 16.8. The molecule has 3 nitrogen and oxygen atoms in total. The third kappa shape index (κ3) is 4.35. The maximum absolute atomic E-state index is 12.5. The summed E-state index contributed by atoms with van der Waals surface area (Å²) in [5.41, 5.74) is 1.10. The SMILES string of the molecule is CCN(C(=O)CCCCc1nc2ccccc2s1)C1CCCCC1. The molecule has 0 atom stereocenters. The molecule has 130 valence electrons. The van der Waals surface area contributed by atoms with Crippen LogP contribution in [0.4, 0.5) is 0 Å². The first-order valence-electron chi connectivity index (χ1n) is 9.42. The maximum Gasteiger partial charge on any atom is 0.222 e. The summed E-state index contributed by atoms with van der Waals surface area (Å²) in [5, 5.41) is 1.20. The Labute approximate surface area is 149 Å². The van der Waals surface area contributed by atoms with Gasteiger partial charge >= 0.3 is 0 Å². The average Bonchev–Trinajstić information content (AvgIpc) is 3.03. The van der Waals surface area contributed by atoms with Gasteiger partial charge < -0.3 is 4.90 Å². The molecular weight excluding hydrogens is 316 g/mol. The average molecular weight is 345 g/mol. The highest BCUT2D eigenvalue weighted by Crippen LogP contribution is 2.24. The molecule has 1 amide bonds. The minimum atomic E-state index is 0.355. The molecular formula is C20H28N2OS. The van der Waals surface area contributed by atoms with Crippen LogP contribution in [0.1, 0.15) is 63.3 Å². The second-order valence-electron chi connectivity index (χ2n) is 6.75. The van der Waals surface area contributed by atoms with Crippen LogP contribution >= 0.6 is 11.3 Å². The molecule has 0 N–H and O–H groups in total. The molecule has 1 aliphatic rings. The maximum atomic E-state index is 12.5. The standard InChI is InChI=1S/C20H28N2OS/c1-2-22(16-10-4-3-5-11-16)20(23)15-9-8-14-19-21-17-12-6-7-13-18(17)24-19/h6-7,12-13,16H,2-5,8-11,14-15H2,1H3. The summed E-state index contributed by atoms with van der Waals surface area (Å²) in [7, 11) is 0. The van der Waals surface area contributed by atoms with E-state index in [1.807, 2.05) is 6.07 Å². The first kappa shape index (κ1) is 17.4. The van der Waals surface area contributed by atoms with Gasteiger partial charge in [0.2, 0.25) is 5.91 Å². The Kier molecular flexibility index (Phi) is 6.24. The number of aromatic nitrogens is 1. The molecule has 0 radical (unpaired) electrons. The summed E-state index contributed by atoms with van der Waals surface area (Å²) < 4.78 is 1.26. The van der Waals surface area contributed by atoms with Crippen molar-refractivity contribution in [3.8, 4) is 0 Å². The topological polar surface area (TPSA) is 33.2 Å². The van der Waals surface area contributed by atoms with E-state index < -0.39 is 0 Å². The van der Waals surface area contributed by atoms with E-state index in [-0.39, 0.29) is 0 Å². The minimum Gasteiger partial charge on any atom is -0.340 e. The highest BCUT2D eigenvalue weighted by Gasteiger charge is 2.23. The van der Waals surface area contributed by atoms with Gasteiger partial charge in [-0.3, -0.25) is 4.79 Å². The van der Waals surface area contributed by atoms with Crippen LogP contribution in [0.15, 0.2) is 24.3 Å². The summed E-state index contributed by atoms with van der Waals surface area (Å²) in [6.07, 6.45) is 10.0. The number of benzene rings is 1. The molecule has 2 aromatic rings. The second-order valence-corrected chi connectivity index (χ2v) is 7.87. The lowest BCUT2D eigenvalue weighted by atomic mass is 9.94. The molecule has 0 unspecified atom stereocenters. The monoisotopic (exact) mass is 344 g/mol. The number of nitrogens with zero attached hydrogens (tertiary/aromatic N) is 2. The molecule has 0 spiro atoms. The third-order valence-electron chi connectivity index (χ3n) is 5.05. The second kappa shape index (κ2) is 8.61. The van der Waals surface area contributed by atoms with E-state index in [9.17, 15) is 4.79 Å². The molecule has 1 saturated carbocycles. The van der Waals surface area contributed by atoms with Gasteiger partial charge in [-0.15, -0.1) is 11.3 Å². The Hall–Kier alpha value is -1.42. The third-order valence-corrected chi connectivity index (χ3v) is 6.14. The number of thiazole rings is 1. The van der Waals surface area contributed by atoms with Crippen molar-refractivity contribution in [3.63, 3.8) is 0 Å². The van der Waals surface area contributed by atoms with Crippen molar-refractivity contribution in [2.75, 3.05) is 6.54 Å². The number of carbonyl (C=O) groups is 1. The number of hydrogen-bond donors (Lipinski definition) is 0. The quantitative estimate of drug-likeness (QED) is 0.648. The van der Waals surface area contributed by atoms with Gasteiger partial charge in [0, 0.05) is 19.0 Å². The molecule has 0 saturated heterocycles. The summed E-state index contributed by atoms with van der Waals surface area (Å²) in [4.78, 5) is 19.4. The molecule has 1 aliphatic carbocycles. The van der Waals surface area contributed by atoms with Crippen LogP contribution in [0, 0.1) is 0 Å². The fourth-order valence-corrected chi connectivity index (χ4v) is 4.76. The van der Waals surface area contributed by atoms with Crippen LogP contribution in [0.3, 0.4) is 0 Å². The molecule has 0 aliphatic heterocycles. The zero-order valence-corrected chi connectivity index (χ0v) is 15.5. The van der Waals surface area contributed by atoms with E-state index in [0.717, 1.165) is 31.3 Å². The molecule has 1 fully saturated rings. The van der Waals surface area contributed by atoms with Crippen molar-refractivity contribution in [1.29, 1.82) is 0 Å². The summed E-state index contributed by atoms with van der Waals surface area (Å²) in [6, 6.07) is 8.80. The molecule has 1 aromatic carbocycles. The number of aryl methyl sites for hydroxylation is 1. The van der Waals surface area contributed by atoms with Gasteiger partial charge in [-0.25, -0.2) is 4.98 Å². The van der Waals surface area contributed by atoms with Crippen LogP contribution in [-0.4, -0.2) is 28.4 Å². The lowest BCUT2D eigenvalue weighted by Gasteiger charge is -2.33. The Balaban J connectivity index is 1.44. The fourth-order valence-electron chi connectivity index (χ4n) is 3.75. The smallest absolute Gasteiger partial charge is 0.222 e. The summed E-state index contributed by atoms with van der Waals surface area (Å²) in [5.74, 6) is 0.355. The predicted octanol–water partition coefficient (Wildman–Crippen LogP) is 5.19. The number of rotatable bonds is 7. The van der Waals surface area contributed by atoms with Crippen molar-refractivity contribution in [2.24, 2.45) is 0 Å². The Bertz CT molecular complexity index is 627. The number of unbranched alkanes of at least 4 members (excludes halogenated alkanes) is 1. The van der Waals surface area contributed by atoms with Crippen LogP contribution in [0.5, 0.6) is 0 Å². The summed E-state index contributed by atoms with van der Waals surface area (Å²) >= 11 is 1.78. The normalized spacial score (nSPS) is 15.7. The van der Waals surface area contributed by atoms with Gasteiger partial charge in [0.15, 0.2) is 0 Å². The number of amides is 1. The number of hydrogen-bond acceptors (Lipinski definition) is 3. The van der Waals surface area contributed by atoms with Gasteiger partial charge in [0.25, 0.3) is 0 Å². The first-order chi connectivity index (χ1) is 11.8. The molecule has 1 heterocycles. The molecule has 3 rings (SSSR count). The summed E-state index contributed by atoms with van der Waals surface area (Å²) in [6.45, 7) is 2.98. The van der Waals surface area contributed by atoms with Crippen LogP contribution in [-0.2, 0) is 11.2 Å². The largest absolute Gasteiger partial charge is 0.340 e. The Morgan fingerprint density at radius 3 is 2.75 bits per heavy atom. The van der Waals surface area contributed by atoms with Crippen molar-refractivity contribution < 1.29 is 4.79 Å². The highest BCUT2D eigenvalue weighted by atomic mass is 32.1. The van der Waals surface area contributed by atoms with Crippen LogP contribution in [0.25, 0.3) is 10.2 Å². The van der Waals surface area contributed by atoms with E-state index in [1.54, 1.807) is 11.3 Å². The van der Waals surface area contributed by atoms with Crippen molar-refractivity contribution in [2.45, 2.75) is 70.8 Å². The number of para-hydroxylation sites is 1. The van der Waals surface area contributed by atoms with Crippen molar-refractivity contribution in [3.05, 3.63) is 29.3 Å². The minimum absolute atomic E-state index is 0.355. The van der Waals surface area contributed by atoms with E-state index in [4.69, 9.17) is 0 Å². The molecule has 24 heavy (non-hydrogen) atoms. The van der Waals surface area contributed by atoms with Crippen molar-refractivity contribution in [1.82, 2.24) is 9.88 Å². The van der Waals surface area contributed by atoms with E-state index in [1.165, 1.54) is 41.8 Å². The fraction of sp³-hybridized carbons (Fsp3) is 0.600. The Morgan fingerprint density at radius 1 is 1.21 bits per heavy atom. The van der Waals surface area contributed by atoms with E-state index >= 15 is 0 Å².